The van der Waals surface area contributed by atoms with Gasteiger partial charge in [-0.3, -0.25) is 4.79 Å². The summed E-state index contributed by atoms with van der Waals surface area (Å²) >= 11 is 1.49. The fourth-order valence-corrected chi connectivity index (χ4v) is 3.97. The standard InChI is InChI=1S/C20H22N2O3S/c1-4-22-15-12-16(24-2)17(25-3)13-18(15)26-20(22)21-19(23)11-10-14-8-6-5-7-9-14/h5-9,12-13H,4,10-11H2,1-3H3. The number of rotatable bonds is 6. The molecule has 5 nitrogen and oxygen atoms in total. The number of carbonyl (C=O) groups is 1. The van der Waals surface area contributed by atoms with Crippen LogP contribution in [-0.4, -0.2) is 24.7 Å². The molecule has 26 heavy (non-hydrogen) atoms. The van der Waals surface area contributed by atoms with Gasteiger partial charge >= 0.3 is 0 Å². The second kappa shape index (κ2) is 8.19. The lowest BCUT2D eigenvalue weighted by molar-refractivity contribution is -0.118. The van der Waals surface area contributed by atoms with Crippen LogP contribution in [0.4, 0.5) is 0 Å². The third kappa shape index (κ3) is 3.80. The predicted molar refractivity (Wildman–Crippen MR) is 104 cm³/mol. The molecule has 0 unspecified atom stereocenters. The van der Waals surface area contributed by atoms with E-state index in [0.29, 0.717) is 29.1 Å². The normalized spacial score (nSPS) is 11.7. The van der Waals surface area contributed by atoms with Crippen molar-refractivity contribution in [2.24, 2.45) is 4.99 Å². The Balaban J connectivity index is 1.93. The third-order valence-electron chi connectivity index (χ3n) is 4.20. The molecule has 0 radical (unpaired) electrons. The summed E-state index contributed by atoms with van der Waals surface area (Å²) in [7, 11) is 3.23. The summed E-state index contributed by atoms with van der Waals surface area (Å²) in [6.45, 7) is 2.76. The Morgan fingerprint density at radius 1 is 1.12 bits per heavy atom. The molecule has 2 aromatic carbocycles. The molecule has 1 amide bonds. The monoisotopic (exact) mass is 370 g/mol. The van der Waals surface area contributed by atoms with Gasteiger partial charge in [-0.1, -0.05) is 41.7 Å². The van der Waals surface area contributed by atoms with Crippen LogP contribution in [0.15, 0.2) is 47.5 Å². The van der Waals surface area contributed by atoms with Crippen molar-refractivity contribution < 1.29 is 14.3 Å². The number of hydrogen-bond donors (Lipinski definition) is 0. The smallest absolute Gasteiger partial charge is 0.248 e. The lowest BCUT2D eigenvalue weighted by Gasteiger charge is -2.08. The first-order valence-electron chi connectivity index (χ1n) is 8.53. The zero-order chi connectivity index (χ0) is 18.5. The summed E-state index contributed by atoms with van der Waals surface area (Å²) in [6, 6.07) is 13.8. The molecule has 0 spiro atoms. The van der Waals surface area contributed by atoms with E-state index in [4.69, 9.17) is 9.47 Å². The van der Waals surface area contributed by atoms with Crippen molar-refractivity contribution in [3.63, 3.8) is 0 Å². The summed E-state index contributed by atoms with van der Waals surface area (Å²) in [5.41, 5.74) is 2.13. The van der Waals surface area contributed by atoms with Crippen LogP contribution < -0.4 is 14.3 Å². The van der Waals surface area contributed by atoms with Gasteiger partial charge in [0.25, 0.3) is 0 Å². The minimum atomic E-state index is -0.110. The van der Waals surface area contributed by atoms with E-state index in [2.05, 4.69) is 4.99 Å². The van der Waals surface area contributed by atoms with E-state index in [1.54, 1.807) is 14.2 Å². The van der Waals surface area contributed by atoms with Crippen molar-refractivity contribution in [3.05, 3.63) is 52.8 Å². The summed E-state index contributed by atoms with van der Waals surface area (Å²) in [4.78, 5) is 17.4. The average molecular weight is 370 g/mol. The van der Waals surface area contributed by atoms with Gasteiger partial charge in [0.2, 0.25) is 5.91 Å². The van der Waals surface area contributed by atoms with Crippen LogP contribution in [0, 0.1) is 0 Å². The average Bonchev–Trinajstić information content (AvgIpc) is 3.01. The first-order valence-corrected chi connectivity index (χ1v) is 9.34. The van der Waals surface area contributed by atoms with Crippen LogP contribution in [0.3, 0.4) is 0 Å². The molecular formula is C20H22N2O3S. The number of carbonyl (C=O) groups excluding carboxylic acids is 1. The number of benzene rings is 2. The van der Waals surface area contributed by atoms with Crippen LogP contribution >= 0.6 is 11.3 Å². The van der Waals surface area contributed by atoms with Gasteiger partial charge in [0.05, 0.1) is 24.4 Å². The minimum Gasteiger partial charge on any atom is -0.493 e. The number of amides is 1. The minimum absolute atomic E-state index is 0.110. The molecule has 1 aromatic heterocycles. The number of nitrogens with zero attached hydrogens (tertiary/aromatic N) is 2. The highest BCUT2D eigenvalue weighted by Crippen LogP contribution is 2.33. The first-order chi connectivity index (χ1) is 12.7. The topological polar surface area (TPSA) is 52.8 Å². The molecule has 0 aliphatic rings. The van der Waals surface area contributed by atoms with Gasteiger partial charge < -0.3 is 14.0 Å². The summed E-state index contributed by atoms with van der Waals surface area (Å²) in [5.74, 6) is 1.23. The fraction of sp³-hybridized carbons (Fsp3) is 0.300. The molecule has 0 saturated carbocycles. The molecule has 3 aromatic rings. The van der Waals surface area contributed by atoms with Gasteiger partial charge in [-0.15, -0.1) is 0 Å². The molecule has 1 heterocycles. The third-order valence-corrected chi connectivity index (χ3v) is 5.24. The molecule has 0 fully saturated rings. The van der Waals surface area contributed by atoms with E-state index in [0.717, 1.165) is 22.3 Å². The number of hydrogen-bond acceptors (Lipinski definition) is 4. The Kier molecular flexibility index (Phi) is 5.73. The zero-order valence-corrected chi connectivity index (χ0v) is 16.0. The van der Waals surface area contributed by atoms with Gasteiger partial charge in [-0.05, 0) is 18.9 Å². The van der Waals surface area contributed by atoms with E-state index < -0.39 is 0 Å². The Morgan fingerprint density at radius 3 is 2.46 bits per heavy atom. The summed E-state index contributed by atoms with van der Waals surface area (Å²) in [5, 5.41) is 0. The molecule has 0 saturated heterocycles. The number of aryl methyl sites for hydroxylation is 2. The Hall–Kier alpha value is -2.60. The molecule has 6 heteroatoms. The van der Waals surface area contributed by atoms with Gasteiger partial charge in [0.1, 0.15) is 0 Å². The van der Waals surface area contributed by atoms with Gasteiger partial charge in [-0.25, -0.2) is 0 Å². The molecule has 136 valence electrons. The van der Waals surface area contributed by atoms with Crippen molar-refractivity contribution >= 4 is 27.5 Å². The number of fused-ring (bicyclic) bond motifs is 1. The molecule has 0 atom stereocenters. The molecule has 0 N–H and O–H groups in total. The Bertz CT molecular complexity index is 974. The van der Waals surface area contributed by atoms with Crippen LogP contribution in [0.25, 0.3) is 10.2 Å². The van der Waals surface area contributed by atoms with Crippen LogP contribution in [0.2, 0.25) is 0 Å². The second-order valence-electron chi connectivity index (χ2n) is 5.79. The van der Waals surface area contributed by atoms with E-state index in [9.17, 15) is 4.79 Å². The quantitative estimate of drug-likeness (QED) is 0.663. The van der Waals surface area contributed by atoms with Gasteiger partial charge in [0, 0.05) is 25.1 Å². The molecule has 0 aliphatic heterocycles. The highest BCUT2D eigenvalue weighted by molar-refractivity contribution is 7.16. The largest absolute Gasteiger partial charge is 0.493 e. The Morgan fingerprint density at radius 2 is 1.81 bits per heavy atom. The van der Waals surface area contributed by atoms with Crippen LogP contribution in [0.1, 0.15) is 18.9 Å². The second-order valence-corrected chi connectivity index (χ2v) is 6.80. The zero-order valence-electron chi connectivity index (χ0n) is 15.2. The fourth-order valence-electron chi connectivity index (χ4n) is 2.85. The van der Waals surface area contributed by atoms with Crippen molar-refractivity contribution in [2.75, 3.05) is 14.2 Å². The Labute approximate surface area is 156 Å². The lowest BCUT2D eigenvalue weighted by Crippen LogP contribution is -2.16. The lowest BCUT2D eigenvalue weighted by atomic mass is 10.1. The maximum atomic E-state index is 12.4. The highest BCUT2D eigenvalue weighted by Gasteiger charge is 2.12. The molecular weight excluding hydrogens is 348 g/mol. The van der Waals surface area contributed by atoms with E-state index >= 15 is 0 Å². The highest BCUT2D eigenvalue weighted by atomic mass is 32.1. The van der Waals surface area contributed by atoms with E-state index in [1.807, 2.05) is 54.0 Å². The van der Waals surface area contributed by atoms with Crippen LogP contribution in [0.5, 0.6) is 11.5 Å². The summed E-state index contributed by atoms with van der Waals surface area (Å²) in [6.07, 6.45) is 1.09. The summed E-state index contributed by atoms with van der Waals surface area (Å²) < 4.78 is 13.8. The van der Waals surface area contributed by atoms with E-state index in [-0.39, 0.29) is 5.91 Å². The SMILES string of the molecule is CCn1c(=NC(=O)CCc2ccccc2)sc2cc(OC)c(OC)cc21. The van der Waals surface area contributed by atoms with Crippen molar-refractivity contribution in [1.29, 1.82) is 0 Å². The van der Waals surface area contributed by atoms with Crippen LogP contribution in [-0.2, 0) is 17.8 Å². The first kappa shape index (κ1) is 18.2. The maximum absolute atomic E-state index is 12.4. The number of thiazole rings is 1. The van der Waals surface area contributed by atoms with Crippen molar-refractivity contribution in [1.82, 2.24) is 4.57 Å². The van der Waals surface area contributed by atoms with Gasteiger partial charge in [0.15, 0.2) is 16.3 Å². The number of methoxy groups -OCH3 is 2. The number of aromatic nitrogens is 1. The molecule has 0 aliphatic carbocycles. The van der Waals surface area contributed by atoms with Crippen molar-refractivity contribution in [2.45, 2.75) is 26.3 Å². The molecule has 0 bridgehead atoms. The van der Waals surface area contributed by atoms with Gasteiger partial charge in [-0.2, -0.15) is 4.99 Å². The molecule has 3 rings (SSSR count). The number of ether oxygens (including phenoxy) is 2. The predicted octanol–water partition coefficient (Wildman–Crippen LogP) is 3.80. The van der Waals surface area contributed by atoms with Crippen molar-refractivity contribution in [3.8, 4) is 11.5 Å². The van der Waals surface area contributed by atoms with E-state index in [1.165, 1.54) is 11.3 Å². The maximum Gasteiger partial charge on any atom is 0.248 e.